The van der Waals surface area contributed by atoms with E-state index in [1.54, 1.807) is 12.4 Å². The molecule has 0 aliphatic carbocycles. The van der Waals surface area contributed by atoms with E-state index in [-0.39, 0.29) is 11.9 Å². The second kappa shape index (κ2) is 4.15. The first kappa shape index (κ1) is 10.6. The van der Waals surface area contributed by atoms with Gasteiger partial charge in [-0.15, -0.1) is 0 Å². The number of hydrogen-bond acceptors (Lipinski definition) is 3. The highest BCUT2D eigenvalue weighted by atomic mass is 28.3. The van der Waals surface area contributed by atoms with Crippen LogP contribution in [0.15, 0.2) is 9.98 Å². The zero-order valence-electron chi connectivity index (χ0n) is 8.82. The third-order valence-corrected chi connectivity index (χ3v) is 4.19. The largest absolute Gasteiger partial charge is 0.378 e. The van der Waals surface area contributed by atoms with Crippen molar-refractivity contribution in [2.24, 2.45) is 9.98 Å². The van der Waals surface area contributed by atoms with Crippen LogP contribution in [0.1, 0.15) is 6.92 Å². The summed E-state index contributed by atoms with van der Waals surface area (Å²) in [5.74, 6) is 0. The van der Waals surface area contributed by atoms with E-state index in [1.165, 1.54) is 0 Å². The third-order valence-electron chi connectivity index (χ3n) is 2.01. The molecule has 0 radical (unpaired) electrons. The van der Waals surface area contributed by atoms with Gasteiger partial charge in [-0.3, -0.25) is 9.98 Å². The molecule has 1 unspecified atom stereocenters. The normalized spacial score (nSPS) is 19.7. The SMILES string of the molecule is CCOC(C1N=CC=N1)[Si](C)(C)C. The number of nitrogens with zero attached hydrogens (tertiary/aromatic N) is 2. The van der Waals surface area contributed by atoms with Gasteiger partial charge in [-0.1, -0.05) is 19.6 Å². The van der Waals surface area contributed by atoms with Gasteiger partial charge >= 0.3 is 0 Å². The van der Waals surface area contributed by atoms with Crippen molar-refractivity contribution >= 4 is 20.5 Å². The predicted octanol–water partition coefficient (Wildman–Crippen LogP) is 1.75. The summed E-state index contributed by atoms with van der Waals surface area (Å²) < 4.78 is 5.72. The van der Waals surface area contributed by atoms with Gasteiger partial charge in [0.25, 0.3) is 0 Å². The van der Waals surface area contributed by atoms with Gasteiger partial charge in [0.05, 0.1) is 13.8 Å². The van der Waals surface area contributed by atoms with Gasteiger partial charge in [0, 0.05) is 19.0 Å². The second-order valence-corrected chi connectivity index (χ2v) is 9.55. The van der Waals surface area contributed by atoms with E-state index in [2.05, 4.69) is 29.6 Å². The minimum Gasteiger partial charge on any atom is -0.378 e. The maximum atomic E-state index is 5.72. The van der Waals surface area contributed by atoms with Crippen LogP contribution in [0.3, 0.4) is 0 Å². The van der Waals surface area contributed by atoms with Crippen molar-refractivity contribution in [2.75, 3.05) is 6.61 Å². The molecular weight excluding hydrogens is 180 g/mol. The Bertz CT molecular complexity index is 208. The number of rotatable bonds is 4. The Balaban J connectivity index is 2.67. The summed E-state index contributed by atoms with van der Waals surface area (Å²) in [5.41, 5.74) is 0.215. The molecule has 1 rings (SSSR count). The highest BCUT2D eigenvalue weighted by Crippen LogP contribution is 2.19. The van der Waals surface area contributed by atoms with Crippen molar-refractivity contribution in [3.63, 3.8) is 0 Å². The van der Waals surface area contributed by atoms with Crippen LogP contribution in [0.4, 0.5) is 0 Å². The van der Waals surface area contributed by atoms with E-state index in [0.29, 0.717) is 0 Å². The molecule has 0 N–H and O–H groups in total. The van der Waals surface area contributed by atoms with Gasteiger partial charge in [-0.2, -0.15) is 0 Å². The quantitative estimate of drug-likeness (QED) is 0.634. The molecule has 0 spiro atoms. The van der Waals surface area contributed by atoms with Crippen LogP contribution in [0.5, 0.6) is 0 Å². The van der Waals surface area contributed by atoms with Gasteiger partial charge in [0.15, 0.2) is 6.17 Å². The lowest BCUT2D eigenvalue weighted by atomic mass is 10.5. The highest BCUT2D eigenvalue weighted by Gasteiger charge is 2.34. The van der Waals surface area contributed by atoms with E-state index in [0.717, 1.165) is 6.61 Å². The van der Waals surface area contributed by atoms with Gasteiger partial charge in [0.1, 0.15) is 0 Å². The Morgan fingerprint density at radius 1 is 1.31 bits per heavy atom. The summed E-state index contributed by atoms with van der Waals surface area (Å²) in [7, 11) is -1.32. The molecule has 0 saturated carbocycles. The van der Waals surface area contributed by atoms with Crippen LogP contribution in [0.25, 0.3) is 0 Å². The molecule has 0 bridgehead atoms. The van der Waals surface area contributed by atoms with E-state index in [1.807, 2.05) is 6.92 Å². The van der Waals surface area contributed by atoms with E-state index in [4.69, 9.17) is 4.74 Å². The fraction of sp³-hybridized carbons (Fsp3) is 0.778. The highest BCUT2D eigenvalue weighted by molar-refractivity contribution is 6.77. The van der Waals surface area contributed by atoms with Crippen molar-refractivity contribution < 1.29 is 4.74 Å². The van der Waals surface area contributed by atoms with Crippen molar-refractivity contribution in [3.8, 4) is 0 Å². The Kier molecular flexibility index (Phi) is 3.38. The lowest BCUT2D eigenvalue weighted by molar-refractivity contribution is 0.0963. The summed E-state index contributed by atoms with van der Waals surface area (Å²) >= 11 is 0. The fourth-order valence-corrected chi connectivity index (χ4v) is 3.14. The Morgan fingerprint density at radius 3 is 2.23 bits per heavy atom. The lowest BCUT2D eigenvalue weighted by Gasteiger charge is -2.30. The molecule has 1 aliphatic heterocycles. The average Bonchev–Trinajstić information content (AvgIpc) is 2.49. The van der Waals surface area contributed by atoms with Gasteiger partial charge in [-0.05, 0) is 6.92 Å². The zero-order chi connectivity index (χ0) is 9.90. The van der Waals surface area contributed by atoms with Gasteiger partial charge in [-0.25, -0.2) is 0 Å². The third kappa shape index (κ3) is 2.74. The minimum atomic E-state index is -1.32. The van der Waals surface area contributed by atoms with Gasteiger partial charge < -0.3 is 4.74 Å². The van der Waals surface area contributed by atoms with Crippen molar-refractivity contribution in [1.82, 2.24) is 0 Å². The number of ether oxygens (including phenoxy) is 1. The summed E-state index contributed by atoms with van der Waals surface area (Å²) in [6, 6.07) is 0. The summed E-state index contributed by atoms with van der Waals surface area (Å²) in [4.78, 5) is 8.57. The Labute approximate surface area is 80.9 Å². The van der Waals surface area contributed by atoms with Crippen LogP contribution in [-0.4, -0.2) is 39.0 Å². The molecule has 1 atom stereocenters. The first-order valence-corrected chi connectivity index (χ1v) is 8.30. The molecule has 1 aliphatic rings. The summed E-state index contributed by atoms with van der Waals surface area (Å²) in [6.07, 6.45) is 3.54. The van der Waals surface area contributed by atoms with Crippen LogP contribution in [0, 0.1) is 0 Å². The first-order chi connectivity index (χ1) is 6.05. The maximum Gasteiger partial charge on any atom is 0.162 e. The standard InChI is InChI=1S/C9H18N2OSi/c1-5-12-9(13(2,3)4)8-10-6-7-11-8/h6-9H,5H2,1-4H3. The molecule has 1 heterocycles. The van der Waals surface area contributed by atoms with Crippen molar-refractivity contribution in [2.45, 2.75) is 38.5 Å². The van der Waals surface area contributed by atoms with Crippen LogP contribution in [-0.2, 0) is 4.74 Å². The molecule has 0 amide bonds. The second-order valence-electron chi connectivity index (χ2n) is 4.25. The van der Waals surface area contributed by atoms with E-state index >= 15 is 0 Å². The summed E-state index contributed by atoms with van der Waals surface area (Å²) in [6.45, 7) is 9.63. The zero-order valence-corrected chi connectivity index (χ0v) is 9.82. The smallest absolute Gasteiger partial charge is 0.162 e. The predicted molar refractivity (Wildman–Crippen MR) is 59.5 cm³/mol. The van der Waals surface area contributed by atoms with E-state index in [9.17, 15) is 0 Å². The molecule has 0 aromatic rings. The molecule has 0 aromatic carbocycles. The number of hydrogen-bond donors (Lipinski definition) is 0. The van der Waals surface area contributed by atoms with Crippen LogP contribution >= 0.6 is 0 Å². The summed E-state index contributed by atoms with van der Waals surface area (Å²) in [5, 5.41) is 0. The molecule has 0 fully saturated rings. The topological polar surface area (TPSA) is 34.0 Å². The monoisotopic (exact) mass is 198 g/mol. The lowest BCUT2D eigenvalue weighted by Crippen LogP contribution is -2.46. The maximum absolute atomic E-state index is 5.72. The molecule has 3 nitrogen and oxygen atoms in total. The molecule has 0 aromatic heterocycles. The van der Waals surface area contributed by atoms with E-state index < -0.39 is 8.07 Å². The van der Waals surface area contributed by atoms with Crippen molar-refractivity contribution in [3.05, 3.63) is 0 Å². The number of aliphatic imine (C=N–C) groups is 2. The fourth-order valence-electron chi connectivity index (χ4n) is 1.41. The Morgan fingerprint density at radius 2 is 1.85 bits per heavy atom. The molecule has 13 heavy (non-hydrogen) atoms. The van der Waals surface area contributed by atoms with Crippen molar-refractivity contribution in [1.29, 1.82) is 0 Å². The molecular formula is C9H18N2OSi. The Hall–Kier alpha value is -0.483. The first-order valence-electron chi connectivity index (χ1n) is 4.72. The molecule has 0 saturated heterocycles. The van der Waals surface area contributed by atoms with Crippen LogP contribution in [0.2, 0.25) is 19.6 Å². The molecule has 74 valence electrons. The average molecular weight is 198 g/mol. The molecule has 4 heteroatoms. The minimum absolute atomic E-state index is 0.0200. The van der Waals surface area contributed by atoms with Crippen LogP contribution < -0.4 is 0 Å². The van der Waals surface area contributed by atoms with Gasteiger partial charge in [0.2, 0.25) is 0 Å².